The van der Waals surface area contributed by atoms with Gasteiger partial charge in [0.1, 0.15) is 10.5 Å². The zero-order valence-corrected chi connectivity index (χ0v) is 34.2. The third-order valence-electron chi connectivity index (χ3n) is 12.8. The highest BCUT2D eigenvalue weighted by Crippen LogP contribution is 2.56. The molecule has 1 aliphatic rings. The predicted octanol–water partition coefficient (Wildman–Crippen LogP) is 14.9. The highest BCUT2D eigenvalue weighted by molar-refractivity contribution is 7.21. The van der Waals surface area contributed by atoms with Crippen molar-refractivity contribution in [2.24, 2.45) is 0 Å². The van der Waals surface area contributed by atoms with Crippen molar-refractivity contribution in [3.8, 4) is 50.0 Å². The Morgan fingerprint density at radius 1 is 0.435 bits per heavy atom. The maximum atomic E-state index is 6.27. The van der Waals surface area contributed by atoms with Gasteiger partial charge < -0.3 is 8.98 Å². The Hall–Kier alpha value is -7.86. The molecule has 0 aliphatic heterocycles. The van der Waals surface area contributed by atoms with Crippen LogP contribution in [0.15, 0.2) is 217 Å². The minimum Gasteiger partial charge on any atom is -0.436 e. The average Bonchev–Trinajstić information content (AvgIpc) is 4.12. The molecule has 0 atom stereocenters. The second-order valence-electron chi connectivity index (χ2n) is 16.1. The molecule has 4 nitrogen and oxygen atoms in total. The van der Waals surface area contributed by atoms with Crippen molar-refractivity contribution in [3.63, 3.8) is 0 Å². The van der Waals surface area contributed by atoms with E-state index in [4.69, 9.17) is 14.4 Å². The molecule has 13 rings (SSSR count). The summed E-state index contributed by atoms with van der Waals surface area (Å²) in [7, 11) is 0. The largest absolute Gasteiger partial charge is 0.436 e. The SMILES string of the molecule is c1ccc(C2(c3ccccc3)c3ccccc3-c3ccc(-c4ccc(-n5c6ccc(-c7nc8ccccc8o7)cc6c6cc(-c7nc8ccccc8s7)ccc65)cc4)cc32)cc1. The third kappa shape index (κ3) is 5.19. The van der Waals surface area contributed by atoms with Gasteiger partial charge in [-0.15, -0.1) is 11.3 Å². The van der Waals surface area contributed by atoms with Crippen LogP contribution in [0.1, 0.15) is 22.3 Å². The number of hydrogen-bond acceptors (Lipinski definition) is 4. The maximum absolute atomic E-state index is 6.27. The van der Waals surface area contributed by atoms with E-state index in [1.165, 1.54) is 49.2 Å². The molecule has 3 heterocycles. The van der Waals surface area contributed by atoms with Gasteiger partial charge in [-0.3, -0.25) is 0 Å². The van der Waals surface area contributed by atoms with Gasteiger partial charge in [0.2, 0.25) is 5.89 Å². The molecule has 1 aliphatic carbocycles. The van der Waals surface area contributed by atoms with Crippen LogP contribution in [0.3, 0.4) is 0 Å². The Morgan fingerprint density at radius 3 is 1.77 bits per heavy atom. The summed E-state index contributed by atoms with van der Waals surface area (Å²) in [5.74, 6) is 0.613. The molecule has 5 heteroatoms. The molecule has 0 radical (unpaired) electrons. The van der Waals surface area contributed by atoms with Crippen LogP contribution in [0.5, 0.6) is 0 Å². The molecular formula is C57H35N3OS. The molecule has 0 fully saturated rings. The van der Waals surface area contributed by atoms with Crippen molar-refractivity contribution in [1.82, 2.24) is 14.5 Å². The molecule has 0 amide bonds. The van der Waals surface area contributed by atoms with Gasteiger partial charge >= 0.3 is 0 Å². The molecule has 0 spiro atoms. The number of rotatable bonds is 6. The highest BCUT2D eigenvalue weighted by Gasteiger charge is 2.46. The van der Waals surface area contributed by atoms with E-state index in [1.54, 1.807) is 11.3 Å². The number of thiazole rings is 1. The zero-order chi connectivity index (χ0) is 40.8. The van der Waals surface area contributed by atoms with E-state index in [2.05, 4.69) is 187 Å². The van der Waals surface area contributed by atoms with E-state index >= 15 is 0 Å². The number of para-hydroxylation sites is 3. The van der Waals surface area contributed by atoms with Crippen molar-refractivity contribution in [2.75, 3.05) is 0 Å². The summed E-state index contributed by atoms with van der Waals surface area (Å²) in [6, 6.07) is 76.6. The van der Waals surface area contributed by atoms with Crippen LogP contribution in [0.2, 0.25) is 0 Å². The topological polar surface area (TPSA) is 43.9 Å². The quantitative estimate of drug-likeness (QED) is 0.168. The van der Waals surface area contributed by atoms with Gasteiger partial charge in [0.15, 0.2) is 5.58 Å². The summed E-state index contributed by atoms with van der Waals surface area (Å²) in [5, 5.41) is 3.28. The summed E-state index contributed by atoms with van der Waals surface area (Å²) in [5.41, 5.74) is 17.6. The van der Waals surface area contributed by atoms with Crippen LogP contribution in [-0.4, -0.2) is 14.5 Å². The zero-order valence-electron chi connectivity index (χ0n) is 33.4. The van der Waals surface area contributed by atoms with Crippen molar-refractivity contribution in [1.29, 1.82) is 0 Å². The molecule has 62 heavy (non-hydrogen) atoms. The average molecular weight is 810 g/mol. The fourth-order valence-electron chi connectivity index (χ4n) is 9.99. The van der Waals surface area contributed by atoms with Crippen LogP contribution in [-0.2, 0) is 5.41 Å². The highest BCUT2D eigenvalue weighted by atomic mass is 32.1. The summed E-state index contributed by atoms with van der Waals surface area (Å²) >= 11 is 1.73. The molecule has 9 aromatic carbocycles. The number of hydrogen-bond donors (Lipinski definition) is 0. The Kier molecular flexibility index (Phi) is 7.66. The molecule has 0 saturated carbocycles. The van der Waals surface area contributed by atoms with E-state index in [-0.39, 0.29) is 0 Å². The van der Waals surface area contributed by atoms with E-state index in [0.29, 0.717) is 5.89 Å². The third-order valence-corrected chi connectivity index (χ3v) is 13.8. The van der Waals surface area contributed by atoms with Crippen molar-refractivity contribution < 1.29 is 4.42 Å². The normalized spacial score (nSPS) is 13.0. The van der Waals surface area contributed by atoms with Gasteiger partial charge in [0.25, 0.3) is 0 Å². The minimum absolute atomic E-state index is 0.450. The summed E-state index contributed by atoms with van der Waals surface area (Å²) in [6.07, 6.45) is 0. The molecular weight excluding hydrogens is 775 g/mol. The molecule has 0 N–H and O–H groups in total. The van der Waals surface area contributed by atoms with Gasteiger partial charge in [0, 0.05) is 27.6 Å². The molecule has 290 valence electrons. The minimum atomic E-state index is -0.450. The second kappa shape index (κ2) is 13.6. The lowest BCUT2D eigenvalue weighted by atomic mass is 9.67. The molecule has 3 aromatic heterocycles. The Balaban J connectivity index is 0.959. The van der Waals surface area contributed by atoms with Gasteiger partial charge in [-0.1, -0.05) is 133 Å². The van der Waals surface area contributed by atoms with Crippen LogP contribution in [0, 0.1) is 0 Å². The lowest BCUT2D eigenvalue weighted by Crippen LogP contribution is -2.28. The first-order chi connectivity index (χ1) is 30.7. The molecule has 0 saturated heterocycles. The van der Waals surface area contributed by atoms with Gasteiger partial charge in [0.05, 0.1) is 26.7 Å². The van der Waals surface area contributed by atoms with Crippen LogP contribution in [0.25, 0.3) is 93.1 Å². The Labute approximate surface area is 361 Å². The lowest BCUT2D eigenvalue weighted by molar-refractivity contribution is 0.620. The van der Waals surface area contributed by atoms with Gasteiger partial charge in [-0.2, -0.15) is 0 Å². The number of benzene rings is 9. The molecule has 0 unspecified atom stereocenters. The number of fused-ring (bicyclic) bond motifs is 8. The predicted molar refractivity (Wildman–Crippen MR) is 255 cm³/mol. The lowest BCUT2D eigenvalue weighted by Gasteiger charge is -2.34. The first kappa shape index (κ1) is 34.9. The summed E-state index contributed by atoms with van der Waals surface area (Å²) < 4.78 is 9.83. The molecule has 0 bridgehead atoms. The fraction of sp³-hybridized carbons (Fsp3) is 0.0175. The Morgan fingerprint density at radius 2 is 1.03 bits per heavy atom. The number of nitrogens with zero attached hydrogens (tertiary/aromatic N) is 3. The van der Waals surface area contributed by atoms with Gasteiger partial charge in [-0.25, -0.2) is 9.97 Å². The summed E-state index contributed by atoms with van der Waals surface area (Å²) in [4.78, 5) is 9.88. The van der Waals surface area contributed by atoms with E-state index < -0.39 is 5.41 Å². The van der Waals surface area contributed by atoms with Crippen molar-refractivity contribution >= 4 is 54.5 Å². The van der Waals surface area contributed by atoms with E-state index in [1.807, 2.05) is 30.3 Å². The van der Waals surface area contributed by atoms with Crippen LogP contribution < -0.4 is 0 Å². The van der Waals surface area contributed by atoms with Crippen molar-refractivity contribution in [2.45, 2.75) is 5.41 Å². The van der Waals surface area contributed by atoms with E-state index in [0.717, 1.165) is 60.2 Å². The first-order valence-corrected chi connectivity index (χ1v) is 21.8. The maximum Gasteiger partial charge on any atom is 0.227 e. The second-order valence-corrected chi connectivity index (χ2v) is 17.1. The van der Waals surface area contributed by atoms with E-state index in [9.17, 15) is 0 Å². The van der Waals surface area contributed by atoms with Gasteiger partial charge in [-0.05, 0) is 123 Å². The standard InChI is InChI=1S/C57H35N3OS/c1-3-13-40(14-4-1)57(41-15-5-2-6-16-41)47-18-8-7-17-43(47)44-30-25-37(35-48(44)57)36-23-28-42(29-24-36)60-51-31-26-38(55-58-49-19-9-11-21-53(49)61-55)33-45(51)46-34-39(27-32-52(46)60)56-59-50-20-10-12-22-54(50)62-56/h1-35H. The number of oxazole rings is 1. The monoisotopic (exact) mass is 809 g/mol. The van der Waals surface area contributed by atoms with Crippen molar-refractivity contribution in [3.05, 3.63) is 235 Å². The summed E-state index contributed by atoms with van der Waals surface area (Å²) in [6.45, 7) is 0. The van der Waals surface area contributed by atoms with Crippen LogP contribution in [0.4, 0.5) is 0 Å². The Bertz CT molecular complexity index is 3460. The number of aromatic nitrogens is 3. The fourth-order valence-corrected chi connectivity index (χ4v) is 10.9. The smallest absolute Gasteiger partial charge is 0.227 e. The van der Waals surface area contributed by atoms with Crippen LogP contribution >= 0.6 is 11.3 Å². The first-order valence-electron chi connectivity index (χ1n) is 21.0. The molecule has 12 aromatic rings.